The highest BCUT2D eigenvalue weighted by Crippen LogP contribution is 2.25. The minimum absolute atomic E-state index is 0.486. The Morgan fingerprint density at radius 1 is 1.25 bits per heavy atom. The maximum absolute atomic E-state index is 6.07. The van der Waals surface area contributed by atoms with Crippen LogP contribution in [0.3, 0.4) is 0 Å². The molecule has 1 heterocycles. The molecule has 1 saturated carbocycles. The molecule has 3 rings (SSSR count). The normalized spacial score (nSPS) is 23.4. The lowest BCUT2D eigenvalue weighted by Gasteiger charge is -2.40. The Kier molecular flexibility index (Phi) is 5.74. The van der Waals surface area contributed by atoms with Crippen molar-refractivity contribution in [2.45, 2.75) is 31.3 Å². The topological polar surface area (TPSA) is 48.1 Å². The minimum Gasteiger partial charge on any atom is -0.370 e. The standard InChI is InChI=1S/C19H31N5/c1-22-13-14-24(18(15-22)16-7-4-3-5-8-16)12-6-11-21-19(20)23(2)17-9-10-17/h3-5,7-8,17-18H,6,9-15H2,1-2H3,(H2,20,21). The SMILES string of the molecule is CN1CCN(CCCN=C(N)N(C)C2CC2)C(c2ccccc2)C1. The average Bonchev–Trinajstić information content (AvgIpc) is 3.44. The van der Waals surface area contributed by atoms with Crippen LogP contribution in [0, 0.1) is 0 Å². The molecule has 0 spiro atoms. The summed E-state index contributed by atoms with van der Waals surface area (Å²) >= 11 is 0. The number of benzene rings is 1. The van der Waals surface area contributed by atoms with Gasteiger partial charge in [0.1, 0.15) is 0 Å². The fourth-order valence-corrected chi connectivity index (χ4v) is 3.44. The Balaban J connectivity index is 1.51. The maximum Gasteiger partial charge on any atom is 0.191 e. The van der Waals surface area contributed by atoms with Crippen LogP contribution in [0.15, 0.2) is 35.3 Å². The molecule has 1 aliphatic carbocycles. The lowest BCUT2D eigenvalue weighted by molar-refractivity contribution is 0.0894. The van der Waals surface area contributed by atoms with E-state index in [0.717, 1.165) is 39.1 Å². The molecule has 1 atom stereocenters. The van der Waals surface area contributed by atoms with Gasteiger partial charge < -0.3 is 15.5 Å². The smallest absolute Gasteiger partial charge is 0.191 e. The molecule has 1 aliphatic heterocycles. The second-order valence-electron chi connectivity index (χ2n) is 7.16. The predicted octanol–water partition coefficient (Wildman–Crippen LogP) is 1.77. The Bertz CT molecular complexity index is 540. The van der Waals surface area contributed by atoms with Gasteiger partial charge in [-0.2, -0.15) is 0 Å². The number of aliphatic imine (C=N–C) groups is 1. The third-order valence-electron chi connectivity index (χ3n) is 5.21. The van der Waals surface area contributed by atoms with Crippen molar-refractivity contribution in [3.8, 4) is 0 Å². The van der Waals surface area contributed by atoms with E-state index in [9.17, 15) is 0 Å². The van der Waals surface area contributed by atoms with Crippen molar-refractivity contribution >= 4 is 5.96 Å². The number of guanidine groups is 1. The first kappa shape index (κ1) is 17.2. The second kappa shape index (κ2) is 7.99. The summed E-state index contributed by atoms with van der Waals surface area (Å²) in [5.74, 6) is 0.704. The number of likely N-dealkylation sites (N-methyl/N-ethyl adjacent to an activating group) is 1. The molecule has 2 N–H and O–H groups in total. The van der Waals surface area contributed by atoms with Crippen LogP contribution in [0.25, 0.3) is 0 Å². The summed E-state index contributed by atoms with van der Waals surface area (Å²) in [4.78, 5) is 11.7. The Morgan fingerprint density at radius 2 is 2.00 bits per heavy atom. The zero-order chi connectivity index (χ0) is 16.9. The van der Waals surface area contributed by atoms with Crippen LogP contribution in [0.1, 0.15) is 30.9 Å². The lowest BCUT2D eigenvalue weighted by Crippen LogP contribution is -2.47. The molecular formula is C19H31N5. The molecule has 2 aliphatic rings. The Morgan fingerprint density at radius 3 is 2.71 bits per heavy atom. The summed E-state index contributed by atoms with van der Waals surface area (Å²) < 4.78 is 0. The molecular weight excluding hydrogens is 298 g/mol. The molecule has 1 aromatic carbocycles. The summed E-state index contributed by atoms with van der Waals surface area (Å²) in [5.41, 5.74) is 7.49. The zero-order valence-electron chi connectivity index (χ0n) is 15.1. The summed E-state index contributed by atoms with van der Waals surface area (Å²) in [7, 11) is 4.27. The number of hydrogen-bond donors (Lipinski definition) is 1. The maximum atomic E-state index is 6.07. The van der Waals surface area contributed by atoms with Gasteiger partial charge in [-0.05, 0) is 31.9 Å². The van der Waals surface area contributed by atoms with Crippen LogP contribution in [0.4, 0.5) is 0 Å². The van der Waals surface area contributed by atoms with Gasteiger partial charge in [-0.25, -0.2) is 0 Å². The Hall–Kier alpha value is -1.59. The van der Waals surface area contributed by atoms with Crippen molar-refractivity contribution in [1.29, 1.82) is 0 Å². The number of rotatable bonds is 6. The number of nitrogens with two attached hydrogens (primary N) is 1. The van der Waals surface area contributed by atoms with Gasteiger partial charge in [-0.15, -0.1) is 0 Å². The molecule has 0 bridgehead atoms. The summed E-state index contributed by atoms with van der Waals surface area (Å²) in [6.45, 7) is 5.25. The van der Waals surface area contributed by atoms with E-state index in [1.165, 1.54) is 18.4 Å². The van der Waals surface area contributed by atoms with Crippen LogP contribution in [-0.4, -0.2) is 73.5 Å². The van der Waals surface area contributed by atoms with Gasteiger partial charge in [0.05, 0.1) is 0 Å². The van der Waals surface area contributed by atoms with E-state index < -0.39 is 0 Å². The van der Waals surface area contributed by atoms with E-state index in [1.807, 2.05) is 0 Å². The summed E-state index contributed by atoms with van der Waals surface area (Å²) in [6, 6.07) is 12.0. The van der Waals surface area contributed by atoms with Crippen molar-refractivity contribution in [3.63, 3.8) is 0 Å². The zero-order valence-corrected chi connectivity index (χ0v) is 15.1. The van der Waals surface area contributed by atoms with Crippen LogP contribution in [-0.2, 0) is 0 Å². The highest BCUT2D eigenvalue weighted by atomic mass is 15.3. The third kappa shape index (κ3) is 4.48. The van der Waals surface area contributed by atoms with Gasteiger partial charge >= 0.3 is 0 Å². The van der Waals surface area contributed by atoms with Gasteiger partial charge in [-0.3, -0.25) is 9.89 Å². The number of hydrogen-bond acceptors (Lipinski definition) is 3. The van der Waals surface area contributed by atoms with Gasteiger partial charge in [-0.1, -0.05) is 30.3 Å². The van der Waals surface area contributed by atoms with E-state index in [1.54, 1.807) is 0 Å². The Labute approximate surface area is 146 Å². The average molecular weight is 329 g/mol. The van der Waals surface area contributed by atoms with Crippen LogP contribution in [0.2, 0.25) is 0 Å². The molecule has 0 amide bonds. The molecule has 132 valence electrons. The first-order chi connectivity index (χ1) is 11.6. The van der Waals surface area contributed by atoms with Crippen molar-refractivity contribution < 1.29 is 0 Å². The van der Waals surface area contributed by atoms with Crippen LogP contribution in [0.5, 0.6) is 0 Å². The molecule has 1 unspecified atom stereocenters. The molecule has 24 heavy (non-hydrogen) atoms. The van der Waals surface area contributed by atoms with E-state index in [2.05, 4.69) is 64.1 Å². The van der Waals surface area contributed by atoms with Crippen molar-refractivity contribution in [1.82, 2.24) is 14.7 Å². The van der Waals surface area contributed by atoms with E-state index in [0.29, 0.717) is 18.0 Å². The summed E-state index contributed by atoms with van der Waals surface area (Å²) in [6.07, 6.45) is 3.58. The fraction of sp³-hybridized carbons (Fsp3) is 0.632. The molecule has 1 aromatic rings. The quantitative estimate of drug-likeness (QED) is 0.491. The van der Waals surface area contributed by atoms with Crippen molar-refractivity contribution in [2.24, 2.45) is 10.7 Å². The third-order valence-corrected chi connectivity index (χ3v) is 5.21. The largest absolute Gasteiger partial charge is 0.370 e. The van der Waals surface area contributed by atoms with Crippen molar-refractivity contribution in [2.75, 3.05) is 46.8 Å². The van der Waals surface area contributed by atoms with Gasteiger partial charge in [0.15, 0.2) is 5.96 Å². The predicted molar refractivity (Wildman–Crippen MR) is 100 cm³/mol. The van der Waals surface area contributed by atoms with Gasteiger partial charge in [0.2, 0.25) is 0 Å². The minimum atomic E-state index is 0.486. The van der Waals surface area contributed by atoms with Crippen LogP contribution < -0.4 is 5.73 Å². The number of nitrogens with zero attached hydrogens (tertiary/aromatic N) is 4. The highest BCUT2D eigenvalue weighted by Gasteiger charge is 2.28. The monoisotopic (exact) mass is 329 g/mol. The molecule has 0 aromatic heterocycles. The fourth-order valence-electron chi connectivity index (χ4n) is 3.44. The van der Waals surface area contributed by atoms with E-state index in [4.69, 9.17) is 5.73 Å². The van der Waals surface area contributed by atoms with E-state index in [-0.39, 0.29) is 0 Å². The molecule has 5 nitrogen and oxygen atoms in total. The number of piperazine rings is 1. The van der Waals surface area contributed by atoms with Gasteiger partial charge in [0, 0.05) is 51.9 Å². The van der Waals surface area contributed by atoms with Crippen LogP contribution >= 0.6 is 0 Å². The molecule has 1 saturated heterocycles. The molecule has 0 radical (unpaired) electrons. The van der Waals surface area contributed by atoms with Gasteiger partial charge in [0.25, 0.3) is 0 Å². The lowest BCUT2D eigenvalue weighted by atomic mass is 10.0. The molecule has 5 heteroatoms. The molecule has 2 fully saturated rings. The second-order valence-corrected chi connectivity index (χ2v) is 7.16. The first-order valence-corrected chi connectivity index (χ1v) is 9.15. The first-order valence-electron chi connectivity index (χ1n) is 9.15. The van der Waals surface area contributed by atoms with E-state index >= 15 is 0 Å². The van der Waals surface area contributed by atoms with Crippen molar-refractivity contribution in [3.05, 3.63) is 35.9 Å². The summed E-state index contributed by atoms with van der Waals surface area (Å²) in [5, 5.41) is 0. The highest BCUT2D eigenvalue weighted by molar-refractivity contribution is 5.78.